The van der Waals surface area contributed by atoms with Crippen molar-refractivity contribution in [2.45, 2.75) is 38.4 Å². The van der Waals surface area contributed by atoms with Crippen LogP contribution in [0, 0.1) is 5.92 Å². The Bertz CT molecular complexity index is 955. The van der Waals surface area contributed by atoms with Gasteiger partial charge in [0.25, 0.3) is 0 Å². The van der Waals surface area contributed by atoms with Gasteiger partial charge in [0.15, 0.2) is 0 Å². The van der Waals surface area contributed by atoms with Gasteiger partial charge in [-0.1, -0.05) is 18.2 Å². The van der Waals surface area contributed by atoms with E-state index >= 15 is 0 Å². The lowest BCUT2D eigenvalue weighted by molar-refractivity contribution is -0.137. The number of hydrogen-bond acceptors (Lipinski definition) is 2. The van der Waals surface area contributed by atoms with Gasteiger partial charge in [0, 0.05) is 18.8 Å². The number of rotatable bonds is 4. The quantitative estimate of drug-likeness (QED) is 0.790. The molecule has 1 aliphatic carbocycles. The van der Waals surface area contributed by atoms with E-state index in [9.17, 15) is 22.8 Å². The molecule has 1 unspecified atom stereocenters. The second-order valence-corrected chi connectivity index (χ2v) is 7.55. The van der Waals surface area contributed by atoms with Crippen molar-refractivity contribution >= 4 is 17.5 Å². The Hall–Kier alpha value is -2.83. The van der Waals surface area contributed by atoms with Gasteiger partial charge in [0.05, 0.1) is 5.56 Å². The smallest absolute Gasteiger partial charge is 0.351 e. The van der Waals surface area contributed by atoms with Crippen molar-refractivity contribution < 1.29 is 22.8 Å². The molecule has 1 atom stereocenters. The zero-order valence-corrected chi connectivity index (χ0v) is 15.8. The summed E-state index contributed by atoms with van der Waals surface area (Å²) in [7, 11) is 0. The number of halogens is 3. The molecule has 0 aromatic heterocycles. The minimum atomic E-state index is -4.43. The first-order chi connectivity index (χ1) is 13.8. The van der Waals surface area contributed by atoms with Gasteiger partial charge in [-0.15, -0.1) is 0 Å². The Morgan fingerprint density at radius 3 is 2.69 bits per heavy atom. The van der Waals surface area contributed by atoms with Crippen LogP contribution < -0.4 is 10.2 Å². The average molecular weight is 402 g/mol. The summed E-state index contributed by atoms with van der Waals surface area (Å²) in [5.74, 6) is -1.52. The molecule has 0 radical (unpaired) electrons. The summed E-state index contributed by atoms with van der Waals surface area (Å²) < 4.78 is 38.4. The molecule has 2 aromatic carbocycles. The predicted octanol–water partition coefficient (Wildman–Crippen LogP) is 3.86. The topological polar surface area (TPSA) is 49.4 Å². The highest BCUT2D eigenvalue weighted by Gasteiger charge is 2.38. The van der Waals surface area contributed by atoms with Crippen LogP contribution in [0.1, 0.15) is 35.1 Å². The summed E-state index contributed by atoms with van der Waals surface area (Å²) in [6, 6.07) is 10.8. The van der Waals surface area contributed by atoms with Gasteiger partial charge in [-0.25, -0.2) is 0 Å². The molecule has 0 saturated carbocycles. The average Bonchev–Trinajstić information content (AvgIpc) is 3.31. The lowest BCUT2D eigenvalue weighted by Crippen LogP contribution is -2.36. The molecular weight excluding hydrogens is 381 g/mol. The highest BCUT2D eigenvalue weighted by molar-refractivity contribution is 6.09. The van der Waals surface area contributed by atoms with Gasteiger partial charge in [0.2, 0.25) is 11.8 Å². The number of aryl methyl sites for hydroxylation is 2. The first kappa shape index (κ1) is 19.5. The molecule has 0 spiro atoms. The maximum absolute atomic E-state index is 12.8. The second kappa shape index (κ2) is 7.54. The number of carbonyl (C=O) groups is 2. The molecule has 2 aliphatic rings. The van der Waals surface area contributed by atoms with Crippen LogP contribution in [0.15, 0.2) is 42.5 Å². The van der Waals surface area contributed by atoms with E-state index < -0.39 is 23.6 Å². The molecule has 4 rings (SSSR count). The van der Waals surface area contributed by atoms with Gasteiger partial charge in [0.1, 0.15) is 5.92 Å². The van der Waals surface area contributed by atoms with Gasteiger partial charge < -0.3 is 10.2 Å². The van der Waals surface area contributed by atoms with Crippen LogP contribution in [0.4, 0.5) is 18.9 Å². The van der Waals surface area contributed by atoms with Gasteiger partial charge >= 0.3 is 6.18 Å². The molecule has 7 heteroatoms. The molecule has 2 amide bonds. The fourth-order valence-corrected chi connectivity index (χ4v) is 4.08. The van der Waals surface area contributed by atoms with Crippen LogP contribution >= 0.6 is 0 Å². The highest BCUT2D eigenvalue weighted by Crippen LogP contribution is 2.31. The molecule has 152 valence electrons. The van der Waals surface area contributed by atoms with Crippen molar-refractivity contribution in [1.82, 2.24) is 5.32 Å². The molecule has 1 saturated heterocycles. The first-order valence-electron chi connectivity index (χ1n) is 9.70. The van der Waals surface area contributed by atoms with E-state index in [2.05, 4.69) is 5.32 Å². The number of carbonyl (C=O) groups excluding carboxylic acids is 2. The second-order valence-electron chi connectivity index (χ2n) is 7.55. The summed E-state index contributed by atoms with van der Waals surface area (Å²) in [6.07, 6.45) is -0.855. The lowest BCUT2D eigenvalue weighted by Gasteiger charge is -2.18. The van der Waals surface area contributed by atoms with E-state index in [1.54, 1.807) is 4.90 Å². The Balaban J connectivity index is 1.39. The maximum Gasteiger partial charge on any atom is 0.416 e. The first-order valence-corrected chi connectivity index (χ1v) is 9.70. The monoisotopic (exact) mass is 402 g/mol. The summed E-state index contributed by atoms with van der Waals surface area (Å²) in [5, 5.41) is 2.61. The number of fused-ring (bicyclic) bond motifs is 1. The van der Waals surface area contributed by atoms with Crippen LogP contribution in [0.5, 0.6) is 0 Å². The minimum absolute atomic E-state index is 0.0502. The SMILES string of the molecule is O=C(NCc1cccc(C(F)(F)F)c1)C1CCN(c2ccc3c(c2)CCC3)C1=O. The summed E-state index contributed by atoms with van der Waals surface area (Å²) in [4.78, 5) is 26.9. The van der Waals surface area contributed by atoms with Crippen molar-refractivity contribution in [2.75, 3.05) is 11.4 Å². The van der Waals surface area contributed by atoms with Crippen LogP contribution in [0.25, 0.3) is 0 Å². The van der Waals surface area contributed by atoms with Crippen LogP contribution in [-0.2, 0) is 35.2 Å². The number of hydrogen-bond donors (Lipinski definition) is 1. The van der Waals surface area contributed by atoms with E-state index in [1.807, 2.05) is 18.2 Å². The van der Waals surface area contributed by atoms with Crippen LogP contribution in [-0.4, -0.2) is 18.4 Å². The van der Waals surface area contributed by atoms with Crippen molar-refractivity contribution in [3.63, 3.8) is 0 Å². The molecule has 1 heterocycles. The van der Waals surface area contributed by atoms with Gasteiger partial charge in [-0.3, -0.25) is 9.59 Å². The molecule has 4 nitrogen and oxygen atoms in total. The Kier molecular flexibility index (Phi) is 5.06. The summed E-state index contributed by atoms with van der Waals surface area (Å²) in [6.45, 7) is 0.407. The van der Waals surface area contributed by atoms with Gasteiger partial charge in [-0.05, 0) is 66.6 Å². The van der Waals surface area contributed by atoms with E-state index in [0.717, 1.165) is 37.1 Å². The highest BCUT2D eigenvalue weighted by atomic mass is 19.4. The molecule has 1 aliphatic heterocycles. The third-order valence-corrected chi connectivity index (χ3v) is 5.64. The Labute approximate surface area is 166 Å². The predicted molar refractivity (Wildman–Crippen MR) is 102 cm³/mol. The number of nitrogens with one attached hydrogen (secondary N) is 1. The molecular formula is C22H21F3N2O2. The van der Waals surface area contributed by atoms with Crippen LogP contribution in [0.3, 0.4) is 0 Å². The fraction of sp³-hybridized carbons (Fsp3) is 0.364. The number of anilines is 1. The van der Waals surface area contributed by atoms with E-state index in [-0.39, 0.29) is 12.5 Å². The molecule has 1 fully saturated rings. The van der Waals surface area contributed by atoms with Crippen molar-refractivity contribution in [3.05, 3.63) is 64.7 Å². The Morgan fingerprint density at radius 1 is 1.10 bits per heavy atom. The third-order valence-electron chi connectivity index (χ3n) is 5.64. The molecule has 29 heavy (non-hydrogen) atoms. The normalized spacial score (nSPS) is 18.8. The maximum atomic E-state index is 12.8. The van der Waals surface area contributed by atoms with Crippen LogP contribution in [0.2, 0.25) is 0 Å². The standard InChI is InChI=1S/C22H21F3N2O2/c23-22(24,25)17-6-1-3-14(11-17)13-26-20(28)19-9-10-27(21(19)29)18-8-7-15-4-2-5-16(15)12-18/h1,3,6-8,11-12,19H,2,4-5,9-10,13H2,(H,26,28). The molecule has 2 aromatic rings. The van der Waals surface area contributed by atoms with Crippen molar-refractivity contribution in [2.24, 2.45) is 5.92 Å². The van der Waals surface area contributed by atoms with E-state index in [0.29, 0.717) is 18.5 Å². The number of amides is 2. The largest absolute Gasteiger partial charge is 0.416 e. The van der Waals surface area contributed by atoms with Crippen molar-refractivity contribution in [1.29, 1.82) is 0 Å². The Morgan fingerprint density at radius 2 is 1.90 bits per heavy atom. The number of benzene rings is 2. The molecule has 0 bridgehead atoms. The van der Waals surface area contributed by atoms with E-state index in [4.69, 9.17) is 0 Å². The zero-order chi connectivity index (χ0) is 20.6. The lowest BCUT2D eigenvalue weighted by atomic mass is 10.1. The third kappa shape index (κ3) is 3.99. The minimum Gasteiger partial charge on any atom is -0.351 e. The number of nitrogens with zero attached hydrogens (tertiary/aromatic N) is 1. The fourth-order valence-electron chi connectivity index (χ4n) is 4.08. The van der Waals surface area contributed by atoms with Crippen molar-refractivity contribution in [3.8, 4) is 0 Å². The summed E-state index contributed by atoms with van der Waals surface area (Å²) in [5.41, 5.74) is 2.96. The zero-order valence-electron chi connectivity index (χ0n) is 15.8. The van der Waals surface area contributed by atoms with Gasteiger partial charge in [-0.2, -0.15) is 13.2 Å². The summed E-state index contributed by atoms with van der Waals surface area (Å²) >= 11 is 0. The molecule has 1 N–H and O–H groups in total. The number of alkyl halides is 3. The van der Waals surface area contributed by atoms with E-state index in [1.165, 1.54) is 23.3 Å².